The maximum absolute atomic E-state index is 14.5. The van der Waals surface area contributed by atoms with E-state index in [2.05, 4.69) is 13.0 Å². The van der Waals surface area contributed by atoms with Crippen LogP contribution in [0.15, 0.2) is 24.3 Å². The third kappa shape index (κ3) is 5.39. The van der Waals surface area contributed by atoms with E-state index < -0.39 is 17.2 Å². The second-order valence-electron chi connectivity index (χ2n) is 8.95. The van der Waals surface area contributed by atoms with E-state index in [1.54, 1.807) is 19.1 Å². The molecule has 0 spiro atoms. The molecular formula is C25H36F2O2. The smallest absolute Gasteiger partial charge is 0.200 e. The number of ether oxygens (including phenoxy) is 1. The Morgan fingerprint density at radius 1 is 1.03 bits per heavy atom. The Morgan fingerprint density at radius 2 is 1.79 bits per heavy atom. The van der Waals surface area contributed by atoms with Gasteiger partial charge in [-0.25, -0.2) is 4.39 Å². The molecule has 1 fully saturated rings. The molecule has 0 aromatic heterocycles. The van der Waals surface area contributed by atoms with Crippen molar-refractivity contribution in [2.75, 3.05) is 6.61 Å². The van der Waals surface area contributed by atoms with E-state index in [-0.39, 0.29) is 11.7 Å². The zero-order valence-corrected chi connectivity index (χ0v) is 17.9. The molecule has 0 aliphatic heterocycles. The molecule has 1 aromatic carbocycles. The van der Waals surface area contributed by atoms with Crippen LogP contribution in [-0.2, 0) is 0 Å². The van der Waals surface area contributed by atoms with Crippen LogP contribution in [-0.4, -0.2) is 17.3 Å². The van der Waals surface area contributed by atoms with Gasteiger partial charge in [-0.3, -0.25) is 0 Å². The maximum Gasteiger partial charge on any atom is 0.200 e. The normalized spacial score (nSPS) is 29.8. The first kappa shape index (κ1) is 22.3. The minimum atomic E-state index is -0.857. The summed E-state index contributed by atoms with van der Waals surface area (Å²) in [6, 6.07) is 3.26. The Hall–Kier alpha value is -1.42. The van der Waals surface area contributed by atoms with E-state index in [1.165, 1.54) is 12.8 Å². The molecule has 1 N–H and O–H groups in total. The highest BCUT2D eigenvalue weighted by molar-refractivity contribution is 5.33. The molecule has 0 heterocycles. The zero-order chi connectivity index (χ0) is 20.9. The van der Waals surface area contributed by atoms with E-state index in [0.717, 1.165) is 51.4 Å². The Morgan fingerprint density at radius 3 is 2.41 bits per heavy atom. The lowest BCUT2D eigenvalue weighted by Crippen LogP contribution is -2.32. The number of benzene rings is 1. The van der Waals surface area contributed by atoms with Gasteiger partial charge in [-0.1, -0.05) is 44.4 Å². The fourth-order valence-electron chi connectivity index (χ4n) is 5.17. The summed E-state index contributed by atoms with van der Waals surface area (Å²) in [6.07, 6.45) is 14.3. The standard InChI is InChI=1S/C25H36F2O2/c1-3-5-6-15-25(28)16-13-19(14-17-25)18-7-9-20(10-8-18)21-11-12-22(29-4-2)24(27)23(21)26/h11-13,16,18-20,28H,3-10,14-15,17H2,1-2H3. The lowest BCUT2D eigenvalue weighted by molar-refractivity contribution is 0.0508. The molecule has 0 bridgehead atoms. The number of hydrogen-bond donors (Lipinski definition) is 1. The summed E-state index contributed by atoms with van der Waals surface area (Å²) in [6.45, 7) is 4.27. The van der Waals surface area contributed by atoms with Gasteiger partial charge in [-0.15, -0.1) is 0 Å². The molecule has 0 amide bonds. The molecule has 0 saturated heterocycles. The summed E-state index contributed by atoms with van der Waals surface area (Å²) >= 11 is 0. The summed E-state index contributed by atoms with van der Waals surface area (Å²) in [5.74, 6) is -0.433. The summed E-state index contributed by atoms with van der Waals surface area (Å²) in [4.78, 5) is 0. The van der Waals surface area contributed by atoms with Crippen LogP contribution >= 0.6 is 0 Å². The first-order valence-electron chi connectivity index (χ1n) is 11.5. The highest BCUT2D eigenvalue weighted by Crippen LogP contribution is 2.44. The van der Waals surface area contributed by atoms with Gasteiger partial charge in [0.1, 0.15) is 0 Å². The molecule has 29 heavy (non-hydrogen) atoms. The Kier molecular flexibility index (Phi) is 7.72. The van der Waals surface area contributed by atoms with Gasteiger partial charge in [0.05, 0.1) is 12.2 Å². The monoisotopic (exact) mass is 406 g/mol. The van der Waals surface area contributed by atoms with Crippen LogP contribution in [0.3, 0.4) is 0 Å². The lowest BCUT2D eigenvalue weighted by atomic mass is 9.69. The third-order valence-electron chi connectivity index (χ3n) is 6.97. The fraction of sp³-hybridized carbons (Fsp3) is 0.680. The van der Waals surface area contributed by atoms with Crippen LogP contribution in [0.25, 0.3) is 0 Å². The predicted octanol–water partition coefficient (Wildman–Crippen LogP) is 6.91. The summed E-state index contributed by atoms with van der Waals surface area (Å²) in [5, 5.41) is 10.7. The minimum Gasteiger partial charge on any atom is -0.491 e. The third-order valence-corrected chi connectivity index (χ3v) is 6.97. The van der Waals surface area contributed by atoms with Gasteiger partial charge < -0.3 is 9.84 Å². The number of allylic oxidation sites excluding steroid dienone is 1. The average molecular weight is 407 g/mol. The van der Waals surface area contributed by atoms with E-state index in [9.17, 15) is 13.9 Å². The maximum atomic E-state index is 14.5. The van der Waals surface area contributed by atoms with E-state index >= 15 is 0 Å². The van der Waals surface area contributed by atoms with E-state index in [4.69, 9.17) is 4.74 Å². The molecule has 2 unspecified atom stereocenters. The van der Waals surface area contributed by atoms with Gasteiger partial charge in [-0.05, 0) is 81.3 Å². The Bertz CT molecular complexity index is 694. The fourth-order valence-corrected chi connectivity index (χ4v) is 5.17. The number of hydrogen-bond acceptors (Lipinski definition) is 2. The average Bonchev–Trinajstić information content (AvgIpc) is 2.73. The number of unbranched alkanes of at least 4 members (excludes halogenated alkanes) is 2. The van der Waals surface area contributed by atoms with Gasteiger partial charge in [-0.2, -0.15) is 4.39 Å². The number of halogens is 2. The van der Waals surface area contributed by atoms with Crippen molar-refractivity contribution in [2.24, 2.45) is 11.8 Å². The lowest BCUT2D eigenvalue weighted by Gasteiger charge is -2.37. The van der Waals surface area contributed by atoms with Gasteiger partial charge in [0.2, 0.25) is 5.82 Å². The van der Waals surface area contributed by atoms with E-state index in [1.807, 2.05) is 6.08 Å². The second-order valence-corrected chi connectivity index (χ2v) is 8.95. The first-order chi connectivity index (χ1) is 14.0. The first-order valence-corrected chi connectivity index (χ1v) is 11.5. The largest absolute Gasteiger partial charge is 0.491 e. The van der Waals surface area contributed by atoms with Crippen LogP contribution in [0.2, 0.25) is 0 Å². The van der Waals surface area contributed by atoms with Crippen molar-refractivity contribution in [3.8, 4) is 5.75 Å². The molecule has 2 aliphatic carbocycles. The second kappa shape index (κ2) is 10.1. The van der Waals surface area contributed by atoms with Crippen LogP contribution in [0.1, 0.15) is 89.5 Å². The molecule has 0 radical (unpaired) electrons. The van der Waals surface area contributed by atoms with Crippen LogP contribution in [0.5, 0.6) is 5.75 Å². The predicted molar refractivity (Wildman–Crippen MR) is 113 cm³/mol. The van der Waals surface area contributed by atoms with Gasteiger partial charge in [0.25, 0.3) is 0 Å². The van der Waals surface area contributed by atoms with Crippen LogP contribution < -0.4 is 4.74 Å². The van der Waals surface area contributed by atoms with Gasteiger partial charge in [0.15, 0.2) is 11.6 Å². The quantitative estimate of drug-likeness (QED) is 0.375. The van der Waals surface area contributed by atoms with Crippen molar-refractivity contribution < 1.29 is 18.6 Å². The zero-order valence-electron chi connectivity index (χ0n) is 17.9. The topological polar surface area (TPSA) is 29.5 Å². The molecular weight excluding hydrogens is 370 g/mol. The molecule has 3 rings (SSSR count). The van der Waals surface area contributed by atoms with Gasteiger partial charge in [0, 0.05) is 0 Å². The SMILES string of the molecule is CCCCCC1(O)C=CC(C2CCC(c3ccc(OCC)c(F)c3F)CC2)CC1. The van der Waals surface area contributed by atoms with E-state index in [0.29, 0.717) is 24.0 Å². The van der Waals surface area contributed by atoms with Crippen molar-refractivity contribution in [1.29, 1.82) is 0 Å². The summed E-state index contributed by atoms with van der Waals surface area (Å²) in [7, 11) is 0. The van der Waals surface area contributed by atoms with Crippen molar-refractivity contribution in [3.63, 3.8) is 0 Å². The minimum absolute atomic E-state index is 0.00111. The molecule has 4 heteroatoms. The molecule has 2 atom stereocenters. The Balaban J connectivity index is 1.56. The molecule has 2 aliphatic rings. The van der Waals surface area contributed by atoms with Crippen molar-refractivity contribution >= 4 is 0 Å². The van der Waals surface area contributed by atoms with Gasteiger partial charge >= 0.3 is 0 Å². The van der Waals surface area contributed by atoms with Crippen molar-refractivity contribution in [3.05, 3.63) is 41.5 Å². The van der Waals surface area contributed by atoms with Crippen molar-refractivity contribution in [1.82, 2.24) is 0 Å². The highest BCUT2D eigenvalue weighted by Gasteiger charge is 2.34. The number of rotatable bonds is 8. The summed E-state index contributed by atoms with van der Waals surface area (Å²) in [5.41, 5.74) is -0.125. The van der Waals surface area contributed by atoms with Crippen LogP contribution in [0.4, 0.5) is 8.78 Å². The van der Waals surface area contributed by atoms with Crippen molar-refractivity contribution in [2.45, 2.75) is 89.6 Å². The molecule has 1 saturated carbocycles. The molecule has 162 valence electrons. The van der Waals surface area contributed by atoms with Crippen LogP contribution in [0, 0.1) is 23.5 Å². The highest BCUT2D eigenvalue weighted by atomic mass is 19.2. The Labute approximate surface area is 174 Å². The molecule has 1 aromatic rings. The number of aliphatic hydroxyl groups is 1. The molecule has 2 nitrogen and oxygen atoms in total. The summed E-state index contributed by atoms with van der Waals surface area (Å²) < 4.78 is 33.9.